The number of carbonyl (C=O) groups excluding carboxylic acids is 2. The van der Waals surface area contributed by atoms with Crippen LogP contribution in [0.4, 0.5) is 5.82 Å². The molecule has 0 aliphatic carbocycles. The molecule has 156 valence electrons. The first-order valence-electron chi connectivity index (χ1n) is 9.79. The number of likely N-dealkylation sites (N-methyl/N-ethyl adjacent to an activating group) is 1. The van der Waals surface area contributed by atoms with Crippen LogP contribution in [0.2, 0.25) is 0 Å². The van der Waals surface area contributed by atoms with E-state index in [9.17, 15) is 9.59 Å². The Labute approximate surface area is 175 Å². The van der Waals surface area contributed by atoms with Crippen molar-refractivity contribution < 1.29 is 9.59 Å². The zero-order chi connectivity index (χ0) is 21.5. The largest absolute Gasteiger partial charge is 0.369 e. The maximum Gasteiger partial charge on any atom is 0.243 e. The van der Waals surface area contributed by atoms with E-state index in [-0.39, 0.29) is 12.5 Å². The number of nitrogens with zero attached hydrogens (tertiary/aromatic N) is 4. The first kappa shape index (κ1) is 21.2. The molecule has 0 saturated heterocycles. The molecule has 0 unspecified atom stereocenters. The topological polar surface area (TPSA) is 106 Å². The fraction of sp³-hybridized carbons (Fsp3) is 0.273. The zero-order valence-corrected chi connectivity index (χ0v) is 17.2. The van der Waals surface area contributed by atoms with Crippen molar-refractivity contribution in [3.05, 3.63) is 66.5 Å². The molecule has 30 heavy (non-hydrogen) atoms. The molecule has 0 fully saturated rings. The van der Waals surface area contributed by atoms with Gasteiger partial charge in [-0.3, -0.25) is 24.2 Å². The van der Waals surface area contributed by atoms with Crippen LogP contribution in [-0.4, -0.2) is 50.6 Å². The van der Waals surface area contributed by atoms with Crippen LogP contribution in [0.15, 0.2) is 60.9 Å². The molecule has 3 rings (SSSR count). The van der Waals surface area contributed by atoms with Crippen molar-refractivity contribution in [3.63, 3.8) is 0 Å². The van der Waals surface area contributed by atoms with E-state index in [4.69, 9.17) is 5.73 Å². The van der Waals surface area contributed by atoms with E-state index in [0.717, 1.165) is 16.8 Å². The van der Waals surface area contributed by atoms with E-state index in [0.29, 0.717) is 18.8 Å². The summed E-state index contributed by atoms with van der Waals surface area (Å²) in [6.45, 7) is 2.43. The zero-order valence-electron chi connectivity index (χ0n) is 17.2. The Bertz CT molecular complexity index is 987. The molecule has 0 aliphatic heterocycles. The van der Waals surface area contributed by atoms with Crippen molar-refractivity contribution in [3.8, 4) is 11.3 Å². The number of anilines is 1. The molecule has 3 N–H and O–H groups in total. The van der Waals surface area contributed by atoms with Gasteiger partial charge in [0, 0.05) is 31.1 Å². The van der Waals surface area contributed by atoms with Gasteiger partial charge < -0.3 is 11.1 Å². The van der Waals surface area contributed by atoms with Gasteiger partial charge in [0.15, 0.2) is 0 Å². The second kappa shape index (κ2) is 9.80. The third-order valence-corrected chi connectivity index (χ3v) is 4.89. The lowest BCUT2D eigenvalue weighted by molar-refractivity contribution is -0.124. The highest BCUT2D eigenvalue weighted by atomic mass is 16.2. The average Bonchev–Trinajstić information content (AvgIpc) is 3.12. The van der Waals surface area contributed by atoms with Crippen LogP contribution >= 0.6 is 0 Å². The lowest BCUT2D eigenvalue weighted by Crippen LogP contribution is -2.48. The van der Waals surface area contributed by atoms with E-state index in [1.807, 2.05) is 55.5 Å². The first-order valence-corrected chi connectivity index (χ1v) is 9.79. The van der Waals surface area contributed by atoms with Crippen molar-refractivity contribution >= 4 is 17.6 Å². The molecule has 1 aromatic carbocycles. The molecule has 0 bridgehead atoms. The summed E-state index contributed by atoms with van der Waals surface area (Å²) in [5.74, 6) is -0.116. The van der Waals surface area contributed by atoms with Crippen LogP contribution in [-0.2, 0) is 23.1 Å². The van der Waals surface area contributed by atoms with Crippen LogP contribution in [0.3, 0.4) is 0 Å². The third-order valence-electron chi connectivity index (χ3n) is 4.89. The lowest BCUT2D eigenvalue weighted by Gasteiger charge is -2.28. The third kappa shape index (κ3) is 5.30. The molecule has 0 spiro atoms. The van der Waals surface area contributed by atoms with Crippen LogP contribution in [0.1, 0.15) is 12.5 Å². The molecule has 3 aromatic rings. The monoisotopic (exact) mass is 406 g/mol. The number of pyridine rings is 1. The molecule has 2 aromatic heterocycles. The van der Waals surface area contributed by atoms with Gasteiger partial charge in [0.25, 0.3) is 0 Å². The van der Waals surface area contributed by atoms with E-state index < -0.39 is 11.9 Å². The summed E-state index contributed by atoms with van der Waals surface area (Å²) in [6, 6.07) is 14.7. The lowest BCUT2D eigenvalue weighted by atomic mass is 10.0. The molecule has 2 heterocycles. The second-order valence-corrected chi connectivity index (χ2v) is 7.00. The van der Waals surface area contributed by atoms with Gasteiger partial charge in [-0.05, 0) is 30.7 Å². The number of amides is 2. The summed E-state index contributed by atoms with van der Waals surface area (Å²) in [5.41, 5.74) is 8.06. The van der Waals surface area contributed by atoms with Crippen LogP contribution in [0.25, 0.3) is 11.3 Å². The minimum atomic E-state index is -0.552. The highest BCUT2D eigenvalue weighted by molar-refractivity contribution is 5.95. The van der Waals surface area contributed by atoms with Gasteiger partial charge in [-0.25, -0.2) is 0 Å². The van der Waals surface area contributed by atoms with Gasteiger partial charge in [0.2, 0.25) is 11.8 Å². The standard InChI is InChI=1S/C22H26N6O2/c1-3-28(15-20(23)29)19(13-16-7-5-4-6-8-16)22(30)25-21-14-18(26-27(21)2)17-9-11-24-12-10-17/h4-12,14,19H,3,13,15H2,1-2H3,(H2,23,29)(H,25,30)/t19-/m0/s1. The van der Waals surface area contributed by atoms with E-state index in [1.165, 1.54) is 0 Å². The number of nitrogens with one attached hydrogen (secondary N) is 1. The summed E-state index contributed by atoms with van der Waals surface area (Å²) < 4.78 is 1.62. The highest BCUT2D eigenvalue weighted by Crippen LogP contribution is 2.21. The summed E-state index contributed by atoms with van der Waals surface area (Å²) >= 11 is 0. The van der Waals surface area contributed by atoms with Crippen molar-refractivity contribution in [1.29, 1.82) is 0 Å². The highest BCUT2D eigenvalue weighted by Gasteiger charge is 2.27. The van der Waals surface area contributed by atoms with Gasteiger partial charge in [-0.2, -0.15) is 5.10 Å². The van der Waals surface area contributed by atoms with Gasteiger partial charge in [0.1, 0.15) is 5.82 Å². The van der Waals surface area contributed by atoms with Crippen molar-refractivity contribution in [1.82, 2.24) is 19.7 Å². The second-order valence-electron chi connectivity index (χ2n) is 7.00. The number of hydrogen-bond donors (Lipinski definition) is 2. The number of benzene rings is 1. The van der Waals surface area contributed by atoms with Crippen LogP contribution < -0.4 is 11.1 Å². The Kier molecular flexibility index (Phi) is 6.92. The Hall–Kier alpha value is -3.52. The van der Waals surface area contributed by atoms with Gasteiger partial charge in [0.05, 0.1) is 18.3 Å². The molecule has 8 heteroatoms. The first-order chi connectivity index (χ1) is 14.5. The summed E-state index contributed by atoms with van der Waals surface area (Å²) in [7, 11) is 1.77. The summed E-state index contributed by atoms with van der Waals surface area (Å²) in [5, 5.41) is 7.44. The maximum absolute atomic E-state index is 13.2. The number of aromatic nitrogens is 3. The van der Waals surface area contributed by atoms with Crippen LogP contribution in [0.5, 0.6) is 0 Å². The molecule has 8 nitrogen and oxygen atoms in total. The minimum absolute atomic E-state index is 0.00900. The SMILES string of the molecule is CCN(CC(N)=O)[C@@H](Cc1ccccc1)C(=O)Nc1cc(-c2ccncc2)nn1C. The quantitative estimate of drug-likeness (QED) is 0.564. The Morgan fingerprint density at radius 2 is 1.87 bits per heavy atom. The number of hydrogen-bond acceptors (Lipinski definition) is 5. The molecule has 2 amide bonds. The van der Waals surface area contributed by atoms with Crippen molar-refractivity contribution in [2.45, 2.75) is 19.4 Å². The Morgan fingerprint density at radius 1 is 1.17 bits per heavy atom. The van der Waals surface area contributed by atoms with Gasteiger partial charge in [-0.15, -0.1) is 0 Å². The predicted molar refractivity (Wildman–Crippen MR) is 115 cm³/mol. The van der Waals surface area contributed by atoms with Crippen molar-refractivity contribution in [2.75, 3.05) is 18.4 Å². The number of nitrogens with two attached hydrogens (primary N) is 1. The fourth-order valence-electron chi connectivity index (χ4n) is 3.33. The Balaban J connectivity index is 1.84. The number of carbonyl (C=O) groups is 2. The van der Waals surface area contributed by atoms with Gasteiger partial charge >= 0.3 is 0 Å². The average molecular weight is 406 g/mol. The molecule has 0 saturated carbocycles. The molecule has 0 radical (unpaired) electrons. The smallest absolute Gasteiger partial charge is 0.243 e. The number of aryl methyl sites for hydroxylation is 1. The number of primary amides is 1. The van der Waals surface area contributed by atoms with Crippen molar-refractivity contribution in [2.24, 2.45) is 12.8 Å². The number of rotatable bonds is 9. The van der Waals surface area contributed by atoms with E-state index >= 15 is 0 Å². The maximum atomic E-state index is 13.2. The molecule has 1 atom stereocenters. The normalized spacial score (nSPS) is 12.0. The molecular weight excluding hydrogens is 380 g/mol. The summed E-state index contributed by atoms with van der Waals surface area (Å²) in [6.07, 6.45) is 3.85. The van der Waals surface area contributed by atoms with Crippen LogP contribution in [0, 0.1) is 0 Å². The predicted octanol–water partition coefficient (Wildman–Crippen LogP) is 1.84. The van der Waals surface area contributed by atoms with Gasteiger partial charge in [-0.1, -0.05) is 37.3 Å². The summed E-state index contributed by atoms with van der Waals surface area (Å²) in [4.78, 5) is 30.6. The Morgan fingerprint density at radius 3 is 2.50 bits per heavy atom. The molecule has 0 aliphatic rings. The van der Waals surface area contributed by atoms with E-state index in [2.05, 4.69) is 15.4 Å². The fourth-order valence-corrected chi connectivity index (χ4v) is 3.33. The van der Waals surface area contributed by atoms with E-state index in [1.54, 1.807) is 29.0 Å². The molecular formula is C22H26N6O2. The minimum Gasteiger partial charge on any atom is -0.369 e.